The molecule has 2 unspecified atom stereocenters. The molecule has 0 N–H and O–H groups in total. The van der Waals surface area contributed by atoms with E-state index in [9.17, 15) is 10.1 Å². The van der Waals surface area contributed by atoms with Crippen LogP contribution in [0.15, 0.2) is 55.3 Å². The summed E-state index contributed by atoms with van der Waals surface area (Å²) in [6, 6.07) is 12.7. The molecule has 4 aromatic rings. The fraction of sp³-hybridized carbons (Fsp3) is 0.250. The first-order valence-corrected chi connectivity index (χ1v) is 12.4. The number of carbonyl (C=O) groups excluding carboxylic acids is 1. The molecular weight excluding hydrogens is 507 g/mol. The van der Waals surface area contributed by atoms with E-state index < -0.39 is 5.82 Å². The summed E-state index contributed by atoms with van der Waals surface area (Å²) in [4.78, 5) is 29.2. The Morgan fingerprint density at radius 1 is 1.34 bits per heavy atom. The number of amides is 1. The highest BCUT2D eigenvalue weighted by Crippen LogP contribution is 2.38. The SMILES string of the molecule is C=CC(=O)N1CC(N(C)c2nc(OC)nc3c(F)c(-c4cccc5cccc(Cl)c45)ncc23)CC1CC#N. The number of halogens is 2. The monoisotopic (exact) mass is 530 g/mol. The summed E-state index contributed by atoms with van der Waals surface area (Å²) in [6.07, 6.45) is 3.53. The number of likely N-dealkylation sites (N-methyl/N-ethyl adjacent to an activating group) is 1. The summed E-state index contributed by atoms with van der Waals surface area (Å²) in [5.41, 5.74) is 0.718. The molecule has 1 fully saturated rings. The Hall–Kier alpha value is -4.29. The maximum absolute atomic E-state index is 16.2. The molecule has 2 aromatic carbocycles. The van der Waals surface area contributed by atoms with Crippen molar-refractivity contribution in [1.82, 2.24) is 19.9 Å². The van der Waals surface area contributed by atoms with Crippen molar-refractivity contribution >= 4 is 45.0 Å². The fourth-order valence-electron chi connectivity index (χ4n) is 5.09. The average Bonchev–Trinajstić information content (AvgIpc) is 3.36. The normalized spacial score (nSPS) is 17.0. The van der Waals surface area contributed by atoms with Gasteiger partial charge in [-0.2, -0.15) is 15.2 Å². The van der Waals surface area contributed by atoms with E-state index in [1.807, 2.05) is 36.2 Å². The number of nitrogens with zero attached hydrogens (tertiary/aromatic N) is 6. The summed E-state index contributed by atoms with van der Waals surface area (Å²) < 4.78 is 21.5. The van der Waals surface area contributed by atoms with Gasteiger partial charge in [0.25, 0.3) is 0 Å². The Morgan fingerprint density at radius 2 is 2.11 bits per heavy atom. The molecule has 0 aliphatic carbocycles. The zero-order valence-electron chi connectivity index (χ0n) is 20.9. The molecule has 1 saturated heterocycles. The third-order valence-electron chi connectivity index (χ3n) is 6.99. The predicted octanol–water partition coefficient (Wildman–Crippen LogP) is 5.15. The Bertz CT molecular complexity index is 1620. The van der Waals surface area contributed by atoms with Gasteiger partial charge in [0.1, 0.15) is 17.0 Å². The van der Waals surface area contributed by atoms with Crippen LogP contribution in [0.4, 0.5) is 10.2 Å². The second-order valence-electron chi connectivity index (χ2n) is 9.07. The first-order valence-electron chi connectivity index (χ1n) is 12.0. The number of nitriles is 1. The molecule has 2 aromatic heterocycles. The summed E-state index contributed by atoms with van der Waals surface area (Å²) in [5, 5.41) is 11.7. The molecule has 8 nitrogen and oxygen atoms in total. The van der Waals surface area contributed by atoms with Gasteiger partial charge in [-0.05, 0) is 23.9 Å². The van der Waals surface area contributed by atoms with Crippen molar-refractivity contribution in [1.29, 1.82) is 5.26 Å². The smallest absolute Gasteiger partial charge is 0.318 e. The van der Waals surface area contributed by atoms with E-state index in [2.05, 4.69) is 27.6 Å². The van der Waals surface area contributed by atoms with Crippen molar-refractivity contribution in [2.45, 2.75) is 24.9 Å². The van der Waals surface area contributed by atoms with E-state index in [0.717, 1.165) is 5.39 Å². The van der Waals surface area contributed by atoms with Crippen molar-refractivity contribution in [2.24, 2.45) is 0 Å². The van der Waals surface area contributed by atoms with Crippen LogP contribution in [0.2, 0.25) is 5.02 Å². The highest BCUT2D eigenvalue weighted by molar-refractivity contribution is 6.36. The van der Waals surface area contributed by atoms with Crippen molar-refractivity contribution in [2.75, 3.05) is 25.6 Å². The van der Waals surface area contributed by atoms with Crippen LogP contribution in [0, 0.1) is 17.1 Å². The van der Waals surface area contributed by atoms with E-state index in [4.69, 9.17) is 16.3 Å². The molecule has 5 rings (SSSR count). The lowest BCUT2D eigenvalue weighted by molar-refractivity contribution is -0.126. The van der Waals surface area contributed by atoms with Crippen molar-refractivity contribution in [3.05, 3.63) is 66.1 Å². The Labute approximate surface area is 223 Å². The molecule has 1 amide bonds. The third-order valence-corrected chi connectivity index (χ3v) is 7.31. The Balaban J connectivity index is 1.62. The third kappa shape index (κ3) is 4.27. The molecule has 192 valence electrons. The first kappa shape index (κ1) is 25.4. The van der Waals surface area contributed by atoms with Gasteiger partial charge in [0.2, 0.25) is 5.91 Å². The zero-order chi connectivity index (χ0) is 27.0. The molecule has 1 aliphatic rings. The number of likely N-dealkylation sites (tertiary alicyclic amines) is 1. The lowest BCUT2D eigenvalue weighted by Crippen LogP contribution is -2.37. The number of pyridine rings is 1. The molecule has 0 saturated carbocycles. The molecule has 2 atom stereocenters. The molecule has 10 heteroatoms. The topological polar surface area (TPSA) is 95.2 Å². The predicted molar refractivity (Wildman–Crippen MR) is 145 cm³/mol. The molecule has 0 radical (unpaired) electrons. The van der Waals surface area contributed by atoms with Crippen LogP contribution in [0.25, 0.3) is 32.9 Å². The summed E-state index contributed by atoms with van der Waals surface area (Å²) >= 11 is 6.49. The molecule has 0 spiro atoms. The van der Waals surface area contributed by atoms with Gasteiger partial charge in [-0.3, -0.25) is 9.78 Å². The lowest BCUT2D eigenvalue weighted by atomic mass is 10.0. The molecule has 38 heavy (non-hydrogen) atoms. The number of hydrogen-bond acceptors (Lipinski definition) is 7. The van der Waals surface area contributed by atoms with Crippen LogP contribution in [-0.4, -0.2) is 58.5 Å². The van der Waals surface area contributed by atoms with E-state index >= 15 is 4.39 Å². The van der Waals surface area contributed by atoms with Crippen molar-refractivity contribution < 1.29 is 13.9 Å². The molecule has 3 heterocycles. The van der Waals surface area contributed by atoms with Gasteiger partial charge in [0, 0.05) is 47.8 Å². The van der Waals surface area contributed by atoms with Gasteiger partial charge in [-0.25, -0.2) is 4.39 Å². The second-order valence-corrected chi connectivity index (χ2v) is 9.48. The number of hydrogen-bond donors (Lipinski definition) is 0. The van der Waals surface area contributed by atoms with E-state index in [1.54, 1.807) is 23.2 Å². The number of aromatic nitrogens is 3. The number of fused-ring (bicyclic) bond motifs is 2. The maximum atomic E-state index is 16.2. The number of benzene rings is 2. The van der Waals surface area contributed by atoms with E-state index in [-0.39, 0.29) is 41.6 Å². The molecule has 0 bridgehead atoms. The van der Waals surface area contributed by atoms with Crippen LogP contribution in [-0.2, 0) is 4.79 Å². The highest BCUT2D eigenvalue weighted by atomic mass is 35.5. The van der Waals surface area contributed by atoms with Gasteiger partial charge >= 0.3 is 6.01 Å². The minimum Gasteiger partial charge on any atom is -0.467 e. The largest absolute Gasteiger partial charge is 0.467 e. The Kier molecular flexibility index (Phi) is 6.83. The van der Waals surface area contributed by atoms with Crippen LogP contribution in [0.1, 0.15) is 12.8 Å². The van der Waals surface area contributed by atoms with E-state index in [1.165, 1.54) is 13.2 Å². The number of rotatable bonds is 6. The van der Waals surface area contributed by atoms with Crippen molar-refractivity contribution in [3.63, 3.8) is 0 Å². The maximum Gasteiger partial charge on any atom is 0.318 e. The standard InChI is InChI=1S/C28H24ClFN6O2/c1-4-22(37)36-15-18(13-17(36)11-12-31)35(2)27-20-14-32-25(24(30)26(20)33-28(34-27)38-3)19-9-5-7-16-8-6-10-21(29)23(16)19/h4-10,14,17-18H,1,11,13,15H2,2-3H3. The minimum atomic E-state index is -0.623. The second kappa shape index (κ2) is 10.2. The summed E-state index contributed by atoms with van der Waals surface area (Å²) in [7, 11) is 3.23. The van der Waals surface area contributed by atoms with Crippen LogP contribution >= 0.6 is 11.6 Å². The minimum absolute atomic E-state index is 0.00283. The number of methoxy groups -OCH3 is 1. The highest BCUT2D eigenvalue weighted by Gasteiger charge is 2.37. The number of anilines is 1. The number of ether oxygens (including phenoxy) is 1. The van der Waals surface area contributed by atoms with Gasteiger partial charge in [0.05, 0.1) is 25.0 Å². The van der Waals surface area contributed by atoms with Gasteiger partial charge in [-0.15, -0.1) is 0 Å². The summed E-state index contributed by atoms with van der Waals surface area (Å²) in [5.74, 6) is -0.450. The average molecular weight is 531 g/mol. The molecule has 1 aliphatic heterocycles. The van der Waals surface area contributed by atoms with E-state index in [0.29, 0.717) is 40.1 Å². The van der Waals surface area contributed by atoms with Gasteiger partial charge in [0.15, 0.2) is 5.82 Å². The Morgan fingerprint density at radius 3 is 2.82 bits per heavy atom. The van der Waals surface area contributed by atoms with Crippen molar-refractivity contribution in [3.8, 4) is 23.3 Å². The molecular formula is C28H24ClFN6O2. The quantitative estimate of drug-likeness (QED) is 0.318. The van der Waals surface area contributed by atoms with Gasteiger partial charge in [-0.1, -0.05) is 48.5 Å². The van der Waals surface area contributed by atoms with Crippen LogP contribution in [0.3, 0.4) is 0 Å². The fourth-order valence-corrected chi connectivity index (χ4v) is 5.38. The van der Waals surface area contributed by atoms with Gasteiger partial charge < -0.3 is 14.5 Å². The first-order chi connectivity index (χ1) is 18.4. The lowest BCUT2D eigenvalue weighted by Gasteiger charge is -2.27. The van der Waals surface area contributed by atoms with Crippen LogP contribution < -0.4 is 9.64 Å². The zero-order valence-corrected chi connectivity index (χ0v) is 21.6. The number of carbonyl (C=O) groups is 1. The summed E-state index contributed by atoms with van der Waals surface area (Å²) in [6.45, 7) is 3.94. The van der Waals surface area contributed by atoms with Crippen LogP contribution in [0.5, 0.6) is 6.01 Å².